The Balaban J connectivity index is 1.96. The maximum Gasteiger partial charge on any atom is 0.411 e. The fourth-order valence-electron chi connectivity index (χ4n) is 2.74. The van der Waals surface area contributed by atoms with E-state index in [1.165, 1.54) is 12.0 Å². The van der Waals surface area contributed by atoms with Gasteiger partial charge in [0.05, 0.1) is 31.9 Å². The lowest BCUT2D eigenvalue weighted by Crippen LogP contribution is -2.43. The molecule has 0 radical (unpaired) electrons. The van der Waals surface area contributed by atoms with E-state index in [4.69, 9.17) is 9.47 Å². The van der Waals surface area contributed by atoms with Crippen LogP contribution in [0.25, 0.3) is 0 Å². The number of carboxylic acid groups (broad SMARTS) is 1. The minimum atomic E-state index is -1.09. The van der Waals surface area contributed by atoms with Gasteiger partial charge in [0.1, 0.15) is 11.6 Å². The van der Waals surface area contributed by atoms with Crippen LogP contribution >= 0.6 is 0 Å². The molecule has 27 heavy (non-hydrogen) atoms. The average molecular weight is 379 g/mol. The van der Waals surface area contributed by atoms with E-state index >= 15 is 0 Å². The molecule has 1 fully saturated rings. The number of methoxy groups -OCH3 is 1. The highest BCUT2D eigenvalue weighted by Gasteiger charge is 2.42. The molecule has 0 aromatic heterocycles. The second-order valence-corrected chi connectivity index (χ2v) is 7.34. The van der Waals surface area contributed by atoms with E-state index in [0.29, 0.717) is 5.56 Å². The molecule has 0 unspecified atom stereocenters. The van der Waals surface area contributed by atoms with Crippen LogP contribution in [0.15, 0.2) is 24.3 Å². The summed E-state index contributed by atoms with van der Waals surface area (Å²) in [4.78, 5) is 36.4. The summed E-state index contributed by atoms with van der Waals surface area (Å²) < 4.78 is 15.7. The molecule has 2 rings (SSSR count). The number of benzene rings is 1. The molecule has 1 aromatic rings. The number of ether oxygens (including phenoxy) is 3. The van der Waals surface area contributed by atoms with E-state index in [9.17, 15) is 19.5 Å². The Morgan fingerprint density at radius 3 is 2.33 bits per heavy atom. The zero-order valence-electron chi connectivity index (χ0n) is 15.9. The van der Waals surface area contributed by atoms with E-state index in [2.05, 4.69) is 4.74 Å². The molecule has 8 nitrogen and oxygen atoms in total. The molecule has 1 heterocycles. The molecule has 1 N–H and O–H groups in total. The van der Waals surface area contributed by atoms with Crippen molar-refractivity contribution in [2.75, 3.05) is 13.7 Å². The van der Waals surface area contributed by atoms with Crippen LogP contribution in [-0.2, 0) is 25.6 Å². The van der Waals surface area contributed by atoms with Crippen molar-refractivity contribution in [1.82, 2.24) is 4.90 Å². The van der Waals surface area contributed by atoms with Gasteiger partial charge in [0.25, 0.3) is 0 Å². The first-order chi connectivity index (χ1) is 12.6. The summed E-state index contributed by atoms with van der Waals surface area (Å²) in [6.45, 7) is 5.56. The van der Waals surface area contributed by atoms with E-state index < -0.39 is 35.8 Å². The number of hydrogen-bond donors (Lipinski definition) is 1. The molecular formula is C19H25NO7. The Bertz CT molecular complexity index is 693. The normalized spacial score (nSPS) is 19.6. The monoisotopic (exact) mass is 379 g/mol. The first kappa shape index (κ1) is 20.7. The van der Waals surface area contributed by atoms with Gasteiger partial charge in [-0.15, -0.1) is 0 Å². The number of carbonyl (C=O) groups excluding carboxylic acids is 2. The average Bonchev–Trinajstić information content (AvgIpc) is 3.03. The second-order valence-electron chi connectivity index (χ2n) is 7.34. The maximum absolute atomic E-state index is 12.3. The Labute approximate surface area is 158 Å². The highest BCUT2D eigenvalue weighted by Crippen LogP contribution is 2.24. The lowest BCUT2D eigenvalue weighted by Gasteiger charge is -2.26. The Morgan fingerprint density at radius 1 is 1.19 bits per heavy atom. The number of rotatable bonds is 5. The summed E-state index contributed by atoms with van der Waals surface area (Å²) in [5.74, 6) is -1.51. The topological polar surface area (TPSA) is 102 Å². The minimum Gasteiger partial charge on any atom is -0.480 e. The first-order valence-corrected chi connectivity index (χ1v) is 8.62. The number of nitrogens with zero attached hydrogens (tertiary/aromatic N) is 1. The Hall–Kier alpha value is -2.61. The summed E-state index contributed by atoms with van der Waals surface area (Å²) >= 11 is 0. The van der Waals surface area contributed by atoms with Gasteiger partial charge in [0.15, 0.2) is 0 Å². The van der Waals surface area contributed by atoms with Gasteiger partial charge < -0.3 is 19.3 Å². The van der Waals surface area contributed by atoms with Crippen LogP contribution in [0.3, 0.4) is 0 Å². The summed E-state index contributed by atoms with van der Waals surface area (Å²) in [6, 6.07) is 5.76. The van der Waals surface area contributed by atoms with Crippen LogP contribution in [0.2, 0.25) is 0 Å². The molecule has 1 amide bonds. The van der Waals surface area contributed by atoms with Gasteiger partial charge in [-0.2, -0.15) is 0 Å². The molecule has 148 valence electrons. The van der Waals surface area contributed by atoms with Gasteiger partial charge in [0, 0.05) is 6.42 Å². The number of carbonyl (C=O) groups is 3. The third-order valence-corrected chi connectivity index (χ3v) is 4.04. The number of amides is 1. The van der Waals surface area contributed by atoms with Crippen LogP contribution in [0.4, 0.5) is 4.79 Å². The number of hydrogen-bond acceptors (Lipinski definition) is 6. The lowest BCUT2D eigenvalue weighted by atomic mass is 10.1. The number of esters is 1. The van der Waals surface area contributed by atoms with Crippen LogP contribution < -0.4 is 0 Å². The van der Waals surface area contributed by atoms with Crippen LogP contribution in [0.5, 0.6) is 0 Å². The van der Waals surface area contributed by atoms with Crippen molar-refractivity contribution in [1.29, 1.82) is 0 Å². The number of carboxylic acids is 1. The quantitative estimate of drug-likeness (QED) is 0.784. The Kier molecular flexibility index (Phi) is 6.43. The summed E-state index contributed by atoms with van der Waals surface area (Å²) in [5.41, 5.74) is 0.551. The summed E-state index contributed by atoms with van der Waals surface area (Å²) in [6.07, 6.45) is -0.892. The van der Waals surface area contributed by atoms with E-state index in [1.807, 2.05) is 0 Å². The lowest BCUT2D eigenvalue weighted by molar-refractivity contribution is -0.142. The summed E-state index contributed by atoms with van der Waals surface area (Å²) in [5, 5.41) is 9.39. The fourth-order valence-corrected chi connectivity index (χ4v) is 2.74. The molecule has 0 spiro atoms. The van der Waals surface area contributed by atoms with E-state index in [1.54, 1.807) is 45.0 Å². The van der Waals surface area contributed by atoms with Crippen molar-refractivity contribution in [3.8, 4) is 0 Å². The fraction of sp³-hybridized carbons (Fsp3) is 0.526. The predicted octanol–water partition coefficient (Wildman–Crippen LogP) is 2.45. The molecule has 2 atom stereocenters. The van der Waals surface area contributed by atoms with Gasteiger partial charge >= 0.3 is 18.0 Å². The highest BCUT2D eigenvalue weighted by molar-refractivity contribution is 5.89. The number of aliphatic carboxylic acids is 1. The van der Waals surface area contributed by atoms with Gasteiger partial charge in [-0.3, -0.25) is 4.90 Å². The third-order valence-electron chi connectivity index (χ3n) is 4.04. The minimum absolute atomic E-state index is 0.145. The third kappa shape index (κ3) is 5.68. The Morgan fingerprint density at radius 2 is 1.81 bits per heavy atom. The zero-order chi connectivity index (χ0) is 20.2. The highest BCUT2D eigenvalue weighted by atomic mass is 16.6. The van der Waals surface area contributed by atoms with Gasteiger partial charge in [-0.05, 0) is 38.5 Å². The standard InChI is InChI=1S/C19H25NO7/c1-19(2,3)27-18(24)20-10-14(9-15(20)16(21)22)26-11-12-5-7-13(8-6-12)17(23)25-4/h5-8,14-15H,9-11H2,1-4H3,(H,21,22)/t14-,15-/m0/s1. The molecule has 1 aliphatic rings. The second kappa shape index (κ2) is 8.39. The van der Waals surface area contributed by atoms with E-state index in [0.717, 1.165) is 5.56 Å². The van der Waals surface area contributed by atoms with Crippen molar-refractivity contribution in [2.24, 2.45) is 0 Å². The molecule has 1 saturated heterocycles. The van der Waals surface area contributed by atoms with Crippen LogP contribution in [-0.4, -0.2) is 59.4 Å². The van der Waals surface area contributed by atoms with Crippen molar-refractivity contribution in [3.05, 3.63) is 35.4 Å². The van der Waals surface area contributed by atoms with Gasteiger partial charge in [-0.1, -0.05) is 12.1 Å². The molecule has 8 heteroatoms. The van der Waals surface area contributed by atoms with Crippen LogP contribution in [0, 0.1) is 0 Å². The SMILES string of the molecule is COC(=O)c1ccc(CO[C@H]2C[C@@H](C(=O)O)N(C(=O)OC(C)(C)C)C2)cc1. The van der Waals surface area contributed by atoms with Crippen molar-refractivity contribution in [2.45, 2.75) is 51.5 Å². The first-order valence-electron chi connectivity index (χ1n) is 8.62. The maximum atomic E-state index is 12.3. The van der Waals surface area contributed by atoms with Crippen molar-refractivity contribution < 1.29 is 33.7 Å². The molecule has 0 saturated carbocycles. The largest absolute Gasteiger partial charge is 0.480 e. The number of likely N-dealkylation sites (tertiary alicyclic amines) is 1. The van der Waals surface area contributed by atoms with Crippen molar-refractivity contribution >= 4 is 18.0 Å². The molecule has 1 aromatic carbocycles. The van der Waals surface area contributed by atoms with Gasteiger partial charge in [-0.25, -0.2) is 14.4 Å². The smallest absolute Gasteiger partial charge is 0.411 e. The van der Waals surface area contributed by atoms with E-state index in [-0.39, 0.29) is 19.6 Å². The summed E-state index contributed by atoms with van der Waals surface area (Å²) in [7, 11) is 1.31. The predicted molar refractivity (Wildman–Crippen MR) is 95.3 cm³/mol. The molecule has 0 aliphatic carbocycles. The van der Waals surface area contributed by atoms with Gasteiger partial charge in [0.2, 0.25) is 0 Å². The molecule has 1 aliphatic heterocycles. The van der Waals surface area contributed by atoms with Crippen molar-refractivity contribution in [3.63, 3.8) is 0 Å². The van der Waals surface area contributed by atoms with Crippen LogP contribution in [0.1, 0.15) is 43.1 Å². The zero-order valence-corrected chi connectivity index (χ0v) is 15.9. The molecule has 0 bridgehead atoms. The molecular weight excluding hydrogens is 354 g/mol.